The molecule has 0 aromatic heterocycles. The monoisotopic (exact) mass is 360 g/mol. The van der Waals surface area contributed by atoms with Gasteiger partial charge < -0.3 is 15.0 Å². The lowest BCUT2D eigenvalue weighted by Crippen LogP contribution is -2.34. The summed E-state index contributed by atoms with van der Waals surface area (Å²) in [6, 6.07) is 20.3. The first-order valence-electron chi connectivity index (χ1n) is 9.31. The third-order valence-electron chi connectivity index (χ3n) is 5.21. The van der Waals surface area contributed by atoms with E-state index in [0.29, 0.717) is 12.1 Å². The first-order chi connectivity index (χ1) is 13.1. The molecular formula is C23H24N2O2. The van der Waals surface area contributed by atoms with E-state index < -0.39 is 0 Å². The molecule has 0 bridgehead atoms. The van der Waals surface area contributed by atoms with Gasteiger partial charge >= 0.3 is 0 Å². The first-order valence-corrected chi connectivity index (χ1v) is 9.31. The molecule has 0 radical (unpaired) electrons. The number of hydrogen-bond acceptors (Lipinski definition) is 3. The SMILES string of the molecule is CN(C)C(CNC(=O)c1cccc2ccccc12)c1ccc2c(c1)CCO2. The van der Waals surface area contributed by atoms with E-state index in [0.717, 1.165) is 29.5 Å². The Morgan fingerprint density at radius 2 is 1.93 bits per heavy atom. The molecule has 1 aliphatic heterocycles. The molecule has 1 heterocycles. The third kappa shape index (κ3) is 3.53. The lowest BCUT2D eigenvalue weighted by molar-refractivity contribution is 0.0943. The standard InChI is InChI=1S/C23H24N2O2/c1-25(2)21(17-10-11-22-18(14-17)12-13-27-22)15-24-23(26)20-9-5-7-16-6-3-4-8-19(16)20/h3-11,14,21H,12-13,15H2,1-2H3,(H,24,26). The van der Waals surface area contributed by atoms with E-state index in [9.17, 15) is 4.79 Å². The minimum absolute atomic E-state index is 0.0388. The largest absolute Gasteiger partial charge is 0.493 e. The van der Waals surface area contributed by atoms with Crippen LogP contribution in [0.1, 0.15) is 27.5 Å². The number of amides is 1. The van der Waals surface area contributed by atoms with E-state index in [4.69, 9.17) is 4.74 Å². The highest BCUT2D eigenvalue weighted by molar-refractivity contribution is 6.07. The van der Waals surface area contributed by atoms with Crippen LogP contribution in [-0.4, -0.2) is 38.1 Å². The van der Waals surface area contributed by atoms with Crippen molar-refractivity contribution in [1.29, 1.82) is 0 Å². The molecule has 0 saturated carbocycles. The van der Waals surface area contributed by atoms with Crippen LogP contribution >= 0.6 is 0 Å². The Kier molecular flexibility index (Phi) is 4.82. The molecule has 0 spiro atoms. The molecule has 1 atom stereocenters. The second kappa shape index (κ2) is 7.41. The highest BCUT2D eigenvalue weighted by Crippen LogP contribution is 2.29. The Hall–Kier alpha value is -2.85. The Bertz CT molecular complexity index is 976. The molecular weight excluding hydrogens is 336 g/mol. The van der Waals surface area contributed by atoms with Gasteiger partial charge in [0, 0.05) is 18.5 Å². The van der Waals surface area contributed by atoms with Gasteiger partial charge in [-0.3, -0.25) is 4.79 Å². The third-order valence-corrected chi connectivity index (χ3v) is 5.21. The van der Waals surface area contributed by atoms with E-state index in [1.165, 1.54) is 11.1 Å². The van der Waals surface area contributed by atoms with Crippen molar-refractivity contribution < 1.29 is 9.53 Å². The van der Waals surface area contributed by atoms with Crippen LogP contribution in [0, 0.1) is 0 Å². The molecule has 138 valence electrons. The molecule has 1 unspecified atom stereocenters. The van der Waals surface area contributed by atoms with Gasteiger partial charge in [-0.1, -0.05) is 48.5 Å². The summed E-state index contributed by atoms with van der Waals surface area (Å²) < 4.78 is 5.61. The summed E-state index contributed by atoms with van der Waals surface area (Å²) in [5.74, 6) is 0.944. The fourth-order valence-electron chi connectivity index (χ4n) is 3.72. The van der Waals surface area contributed by atoms with Crippen LogP contribution in [-0.2, 0) is 6.42 Å². The lowest BCUT2D eigenvalue weighted by atomic mass is 10.0. The quantitative estimate of drug-likeness (QED) is 0.752. The van der Waals surface area contributed by atoms with E-state index >= 15 is 0 Å². The molecule has 1 amide bonds. The van der Waals surface area contributed by atoms with Gasteiger partial charge in [-0.2, -0.15) is 0 Å². The summed E-state index contributed by atoms with van der Waals surface area (Å²) in [5.41, 5.74) is 3.16. The predicted octanol–water partition coefficient (Wildman–Crippen LogP) is 3.81. The molecule has 1 N–H and O–H groups in total. The number of carbonyl (C=O) groups is 1. The maximum atomic E-state index is 12.9. The summed E-state index contributed by atoms with van der Waals surface area (Å²) in [6.45, 7) is 1.30. The van der Waals surface area contributed by atoms with Crippen molar-refractivity contribution >= 4 is 16.7 Å². The zero-order valence-electron chi connectivity index (χ0n) is 15.7. The van der Waals surface area contributed by atoms with Crippen LogP contribution in [0.4, 0.5) is 0 Å². The Morgan fingerprint density at radius 1 is 1.11 bits per heavy atom. The van der Waals surface area contributed by atoms with Crippen molar-refractivity contribution in [3.63, 3.8) is 0 Å². The van der Waals surface area contributed by atoms with Gasteiger partial charge in [-0.25, -0.2) is 0 Å². The van der Waals surface area contributed by atoms with E-state index in [1.807, 2.05) is 62.6 Å². The smallest absolute Gasteiger partial charge is 0.251 e. The average molecular weight is 360 g/mol. The summed E-state index contributed by atoms with van der Waals surface area (Å²) in [6.07, 6.45) is 0.950. The molecule has 0 saturated heterocycles. The predicted molar refractivity (Wildman–Crippen MR) is 108 cm³/mol. The first kappa shape index (κ1) is 17.6. The van der Waals surface area contributed by atoms with Crippen LogP contribution in [0.2, 0.25) is 0 Å². The van der Waals surface area contributed by atoms with Crippen molar-refractivity contribution in [1.82, 2.24) is 10.2 Å². The highest BCUT2D eigenvalue weighted by atomic mass is 16.5. The van der Waals surface area contributed by atoms with Crippen molar-refractivity contribution in [2.75, 3.05) is 27.2 Å². The number of likely N-dealkylation sites (N-methyl/N-ethyl adjacent to an activating group) is 1. The number of fused-ring (bicyclic) bond motifs is 2. The number of benzene rings is 3. The minimum atomic E-state index is -0.0388. The van der Waals surface area contributed by atoms with Crippen molar-refractivity contribution in [2.45, 2.75) is 12.5 Å². The number of rotatable bonds is 5. The van der Waals surface area contributed by atoms with Gasteiger partial charge in [-0.15, -0.1) is 0 Å². The summed E-state index contributed by atoms with van der Waals surface area (Å²) >= 11 is 0. The fraction of sp³-hybridized carbons (Fsp3) is 0.261. The van der Waals surface area contributed by atoms with Gasteiger partial charge in [0.25, 0.3) is 5.91 Å². The molecule has 4 heteroatoms. The number of carbonyl (C=O) groups excluding carboxylic acids is 1. The maximum absolute atomic E-state index is 12.9. The number of ether oxygens (including phenoxy) is 1. The van der Waals surface area contributed by atoms with Crippen LogP contribution in [0.15, 0.2) is 60.7 Å². The number of nitrogens with one attached hydrogen (secondary N) is 1. The Balaban J connectivity index is 1.54. The molecule has 0 aliphatic carbocycles. The summed E-state index contributed by atoms with van der Waals surface area (Å²) in [7, 11) is 4.08. The molecule has 1 aliphatic rings. The number of hydrogen-bond donors (Lipinski definition) is 1. The average Bonchev–Trinajstić information content (AvgIpc) is 3.15. The van der Waals surface area contributed by atoms with Crippen LogP contribution in [0.3, 0.4) is 0 Å². The Labute approximate surface area is 159 Å². The second-order valence-corrected chi connectivity index (χ2v) is 7.18. The lowest BCUT2D eigenvalue weighted by Gasteiger charge is -2.25. The van der Waals surface area contributed by atoms with Gasteiger partial charge in [0.15, 0.2) is 0 Å². The zero-order chi connectivity index (χ0) is 18.8. The molecule has 0 fully saturated rings. The van der Waals surface area contributed by atoms with Crippen LogP contribution in [0.25, 0.3) is 10.8 Å². The summed E-state index contributed by atoms with van der Waals surface area (Å²) in [4.78, 5) is 15.0. The van der Waals surface area contributed by atoms with E-state index in [1.54, 1.807) is 0 Å². The van der Waals surface area contributed by atoms with Gasteiger partial charge in [0.05, 0.1) is 12.6 Å². The summed E-state index contributed by atoms with van der Waals surface area (Å²) in [5, 5.41) is 5.18. The van der Waals surface area contributed by atoms with Crippen molar-refractivity contribution in [2.24, 2.45) is 0 Å². The van der Waals surface area contributed by atoms with Crippen LogP contribution in [0.5, 0.6) is 5.75 Å². The molecule has 27 heavy (non-hydrogen) atoms. The van der Waals surface area contributed by atoms with Crippen LogP contribution < -0.4 is 10.1 Å². The van der Waals surface area contributed by atoms with Crippen molar-refractivity contribution in [3.8, 4) is 5.75 Å². The second-order valence-electron chi connectivity index (χ2n) is 7.18. The van der Waals surface area contributed by atoms with E-state index in [-0.39, 0.29) is 11.9 Å². The number of nitrogens with zero attached hydrogens (tertiary/aromatic N) is 1. The molecule has 4 rings (SSSR count). The fourth-order valence-corrected chi connectivity index (χ4v) is 3.72. The van der Waals surface area contributed by atoms with Crippen molar-refractivity contribution in [3.05, 3.63) is 77.4 Å². The highest BCUT2D eigenvalue weighted by Gasteiger charge is 2.20. The molecule has 3 aromatic rings. The minimum Gasteiger partial charge on any atom is -0.493 e. The maximum Gasteiger partial charge on any atom is 0.251 e. The Morgan fingerprint density at radius 3 is 2.78 bits per heavy atom. The van der Waals surface area contributed by atoms with E-state index in [2.05, 4.69) is 22.3 Å². The zero-order valence-corrected chi connectivity index (χ0v) is 15.7. The van der Waals surface area contributed by atoms with Gasteiger partial charge in [0.2, 0.25) is 0 Å². The molecule has 4 nitrogen and oxygen atoms in total. The van der Waals surface area contributed by atoms with Gasteiger partial charge in [0.1, 0.15) is 5.75 Å². The topological polar surface area (TPSA) is 41.6 Å². The normalized spacial score (nSPS) is 14.0. The van der Waals surface area contributed by atoms with Gasteiger partial charge in [-0.05, 0) is 48.1 Å². The molecule has 3 aromatic carbocycles.